The first-order valence-electron chi connectivity index (χ1n) is 8.17. The van der Waals surface area contributed by atoms with Crippen molar-refractivity contribution in [3.63, 3.8) is 0 Å². The molecule has 144 valence electrons. The van der Waals surface area contributed by atoms with Gasteiger partial charge in [0.25, 0.3) is 0 Å². The minimum absolute atomic E-state index is 0.0144. The number of nitrogens with one attached hydrogen (secondary N) is 1. The van der Waals surface area contributed by atoms with Gasteiger partial charge < -0.3 is 10.2 Å². The summed E-state index contributed by atoms with van der Waals surface area (Å²) in [6.45, 7) is 0.0653. The third-order valence-corrected chi connectivity index (χ3v) is 4.53. The minimum atomic E-state index is -0.422. The Morgan fingerprint density at radius 2 is 1.67 bits per heavy atom. The van der Waals surface area contributed by atoms with Crippen LogP contribution in [0.3, 0.4) is 0 Å². The molecule has 8 heteroatoms. The summed E-state index contributed by atoms with van der Waals surface area (Å²) in [5.41, 5.74) is 0.810. The van der Waals surface area contributed by atoms with Gasteiger partial charge in [-0.1, -0.05) is 41.4 Å². The second kappa shape index (κ2) is 9.69. The average molecular weight is 412 g/mol. The van der Waals surface area contributed by atoms with Gasteiger partial charge in [-0.05, 0) is 31.3 Å². The maximum Gasteiger partial charge on any atom is 0.244 e. The zero-order valence-electron chi connectivity index (χ0n) is 15.0. The number of likely N-dealkylation sites (N-methyl/N-ethyl adjacent to an activating group) is 2. The number of carbonyl (C=O) groups is 2. The molecular weight excluding hydrogens is 392 g/mol. The van der Waals surface area contributed by atoms with Crippen LogP contribution in [0.15, 0.2) is 42.5 Å². The second-order valence-corrected chi connectivity index (χ2v) is 6.96. The van der Waals surface area contributed by atoms with Crippen molar-refractivity contribution in [2.45, 2.75) is 6.54 Å². The Labute approximate surface area is 167 Å². The zero-order chi connectivity index (χ0) is 20.0. The Morgan fingerprint density at radius 1 is 1.00 bits per heavy atom. The van der Waals surface area contributed by atoms with Gasteiger partial charge in [0.15, 0.2) is 0 Å². The lowest BCUT2D eigenvalue weighted by Gasteiger charge is -2.22. The van der Waals surface area contributed by atoms with Crippen molar-refractivity contribution in [3.8, 4) is 0 Å². The van der Waals surface area contributed by atoms with E-state index in [9.17, 15) is 14.0 Å². The van der Waals surface area contributed by atoms with Crippen molar-refractivity contribution in [3.05, 3.63) is 63.9 Å². The van der Waals surface area contributed by atoms with E-state index in [1.54, 1.807) is 42.3 Å². The van der Waals surface area contributed by atoms with E-state index in [0.717, 1.165) is 0 Å². The summed E-state index contributed by atoms with van der Waals surface area (Å²) in [7, 11) is 3.21. The minimum Gasteiger partial charge on any atom is -0.335 e. The van der Waals surface area contributed by atoms with Crippen LogP contribution >= 0.6 is 23.2 Å². The summed E-state index contributed by atoms with van der Waals surface area (Å²) in [6, 6.07) is 11.3. The molecule has 0 unspecified atom stereocenters. The van der Waals surface area contributed by atoms with Crippen molar-refractivity contribution < 1.29 is 14.0 Å². The molecule has 2 rings (SSSR count). The molecule has 0 atom stereocenters. The normalized spacial score (nSPS) is 10.7. The molecule has 0 heterocycles. The molecular formula is C19H20Cl2FN3O2. The molecule has 0 aromatic heterocycles. The maximum absolute atomic E-state index is 13.8. The highest BCUT2D eigenvalue weighted by molar-refractivity contribution is 6.33. The number of para-hydroxylation sites is 1. The highest BCUT2D eigenvalue weighted by Crippen LogP contribution is 2.21. The summed E-state index contributed by atoms with van der Waals surface area (Å²) >= 11 is 12.0. The van der Waals surface area contributed by atoms with Crippen LogP contribution in [0.2, 0.25) is 10.0 Å². The van der Waals surface area contributed by atoms with E-state index in [1.807, 2.05) is 0 Å². The summed E-state index contributed by atoms with van der Waals surface area (Å²) < 4.78 is 13.8. The van der Waals surface area contributed by atoms with E-state index in [1.165, 1.54) is 24.1 Å². The Kier molecular flexibility index (Phi) is 7.59. The largest absolute Gasteiger partial charge is 0.335 e. The SMILES string of the molecule is CN(CC(=O)N(C)CC(=O)Nc1ccccc1Cl)Cc1c(F)cccc1Cl. The predicted molar refractivity (Wildman–Crippen MR) is 105 cm³/mol. The highest BCUT2D eigenvalue weighted by atomic mass is 35.5. The number of rotatable bonds is 7. The first-order chi connectivity index (χ1) is 12.8. The Morgan fingerprint density at radius 3 is 2.33 bits per heavy atom. The fraction of sp³-hybridized carbons (Fsp3) is 0.263. The molecule has 0 saturated heterocycles. The lowest BCUT2D eigenvalue weighted by Crippen LogP contribution is -2.40. The summed E-state index contributed by atoms with van der Waals surface area (Å²) in [6.07, 6.45) is 0. The molecule has 0 spiro atoms. The van der Waals surface area contributed by atoms with Gasteiger partial charge in [0.05, 0.1) is 23.8 Å². The third kappa shape index (κ3) is 6.20. The van der Waals surface area contributed by atoms with Crippen LogP contribution in [0, 0.1) is 5.82 Å². The Hall–Kier alpha value is -2.15. The van der Waals surface area contributed by atoms with Crippen LogP contribution in [0.5, 0.6) is 0 Å². The van der Waals surface area contributed by atoms with Gasteiger partial charge in [-0.2, -0.15) is 0 Å². The van der Waals surface area contributed by atoms with Gasteiger partial charge in [0.1, 0.15) is 5.82 Å². The summed E-state index contributed by atoms with van der Waals surface area (Å²) in [4.78, 5) is 27.4. The van der Waals surface area contributed by atoms with Crippen LogP contribution in [0.25, 0.3) is 0 Å². The van der Waals surface area contributed by atoms with Crippen LogP contribution < -0.4 is 5.32 Å². The molecule has 5 nitrogen and oxygen atoms in total. The van der Waals surface area contributed by atoms with Gasteiger partial charge in [0, 0.05) is 24.2 Å². The zero-order valence-corrected chi connectivity index (χ0v) is 16.5. The van der Waals surface area contributed by atoms with Crippen molar-refractivity contribution in [2.24, 2.45) is 0 Å². The number of benzene rings is 2. The quantitative estimate of drug-likeness (QED) is 0.755. The molecule has 2 amide bonds. The number of nitrogens with zero attached hydrogens (tertiary/aromatic N) is 2. The summed E-state index contributed by atoms with van der Waals surface area (Å²) in [5.74, 6) is -1.06. The number of amides is 2. The van der Waals surface area contributed by atoms with Gasteiger partial charge >= 0.3 is 0 Å². The number of anilines is 1. The van der Waals surface area contributed by atoms with Crippen molar-refractivity contribution >= 4 is 40.7 Å². The number of hydrogen-bond donors (Lipinski definition) is 1. The first kappa shape index (κ1) is 21.2. The standard InChI is InChI=1S/C19H20Cl2FN3O2/c1-24(10-13-14(20)7-5-8-16(13)22)12-19(27)25(2)11-18(26)23-17-9-4-3-6-15(17)21/h3-9H,10-12H2,1-2H3,(H,23,26). The predicted octanol–water partition coefficient (Wildman–Crippen LogP) is 3.66. The lowest BCUT2D eigenvalue weighted by atomic mass is 10.2. The molecule has 2 aromatic carbocycles. The molecule has 2 aromatic rings. The summed E-state index contributed by atoms with van der Waals surface area (Å²) in [5, 5.41) is 3.38. The number of halogens is 3. The monoisotopic (exact) mass is 411 g/mol. The Balaban J connectivity index is 1.87. The fourth-order valence-corrected chi connectivity index (χ4v) is 2.82. The molecule has 0 bridgehead atoms. The van der Waals surface area contributed by atoms with E-state index < -0.39 is 5.82 Å². The van der Waals surface area contributed by atoms with Crippen LogP contribution in [0.1, 0.15) is 5.56 Å². The van der Waals surface area contributed by atoms with Crippen molar-refractivity contribution in [1.82, 2.24) is 9.80 Å². The number of carbonyl (C=O) groups excluding carboxylic acids is 2. The van der Waals surface area contributed by atoms with E-state index in [2.05, 4.69) is 5.32 Å². The first-order valence-corrected chi connectivity index (χ1v) is 8.93. The van der Waals surface area contributed by atoms with Crippen LogP contribution in [-0.2, 0) is 16.1 Å². The van der Waals surface area contributed by atoms with Crippen LogP contribution in [0.4, 0.5) is 10.1 Å². The average Bonchev–Trinajstić information content (AvgIpc) is 2.60. The highest BCUT2D eigenvalue weighted by Gasteiger charge is 2.17. The third-order valence-electron chi connectivity index (χ3n) is 3.85. The van der Waals surface area contributed by atoms with E-state index in [4.69, 9.17) is 23.2 Å². The molecule has 1 N–H and O–H groups in total. The van der Waals surface area contributed by atoms with Gasteiger partial charge in [0.2, 0.25) is 11.8 Å². The second-order valence-electron chi connectivity index (χ2n) is 6.15. The van der Waals surface area contributed by atoms with E-state index in [0.29, 0.717) is 21.3 Å². The fourth-order valence-electron chi connectivity index (χ4n) is 2.42. The molecule has 0 radical (unpaired) electrons. The van der Waals surface area contributed by atoms with E-state index in [-0.39, 0.29) is 31.4 Å². The van der Waals surface area contributed by atoms with Crippen molar-refractivity contribution in [1.29, 1.82) is 0 Å². The Bertz CT molecular complexity index is 812. The molecule has 0 aliphatic carbocycles. The smallest absolute Gasteiger partial charge is 0.244 e. The molecule has 27 heavy (non-hydrogen) atoms. The van der Waals surface area contributed by atoms with Crippen LogP contribution in [-0.4, -0.2) is 48.8 Å². The maximum atomic E-state index is 13.8. The van der Waals surface area contributed by atoms with Gasteiger partial charge in [-0.25, -0.2) is 4.39 Å². The molecule has 0 aliphatic heterocycles. The molecule has 0 aliphatic rings. The topological polar surface area (TPSA) is 52.7 Å². The van der Waals surface area contributed by atoms with Crippen molar-refractivity contribution in [2.75, 3.05) is 32.5 Å². The van der Waals surface area contributed by atoms with Gasteiger partial charge in [-0.15, -0.1) is 0 Å². The van der Waals surface area contributed by atoms with Gasteiger partial charge in [-0.3, -0.25) is 14.5 Å². The lowest BCUT2D eigenvalue weighted by molar-refractivity contribution is -0.134. The van der Waals surface area contributed by atoms with E-state index >= 15 is 0 Å². The molecule has 0 fully saturated rings. The number of hydrogen-bond acceptors (Lipinski definition) is 3. The molecule has 0 saturated carbocycles.